The van der Waals surface area contributed by atoms with E-state index in [1.165, 1.54) is 0 Å². The zero-order valence-electron chi connectivity index (χ0n) is 10.5. The van der Waals surface area contributed by atoms with Crippen molar-refractivity contribution in [2.75, 3.05) is 0 Å². The van der Waals surface area contributed by atoms with Gasteiger partial charge in [-0.25, -0.2) is 31.6 Å². The van der Waals surface area contributed by atoms with Gasteiger partial charge in [-0.15, -0.1) is 0 Å². The third kappa shape index (κ3) is 4450. The van der Waals surface area contributed by atoms with E-state index in [1.807, 2.05) is 0 Å². The molecule has 0 heterocycles. The van der Waals surface area contributed by atoms with Crippen molar-refractivity contribution < 1.29 is 123 Å². The summed E-state index contributed by atoms with van der Waals surface area (Å²) in [6.07, 6.45) is 0. The predicted molar refractivity (Wildman–Crippen MR) is 42.2 cm³/mol. The molecule has 0 aliphatic carbocycles. The average Bonchev–Trinajstić information content (AvgIpc) is 2.33. The maximum atomic E-state index is 6.50. The molecule has 0 aliphatic heterocycles. The van der Waals surface area contributed by atoms with Gasteiger partial charge in [-0.2, -0.15) is 0 Å². The summed E-state index contributed by atoms with van der Waals surface area (Å²) >= 11 is 0. The van der Waals surface area contributed by atoms with E-state index in [0.717, 1.165) is 0 Å². The fraction of sp³-hybridized carbons (Fsp3) is 0. The topological polar surface area (TPSA) is 143 Å². The Kier molecular flexibility index (Phi) is 26000. The van der Waals surface area contributed by atoms with Crippen LogP contribution in [-0.2, 0) is 17.1 Å². The second-order valence-electron chi connectivity index (χ2n) is 0. The van der Waals surface area contributed by atoms with Crippen LogP contribution in [0, 0.1) is 71.0 Å². The second kappa shape index (κ2) is 5180. The first-order chi connectivity index (χ1) is 6.00. The molecule has 72 valence electrons. The summed E-state index contributed by atoms with van der Waals surface area (Å²) in [5.74, 6) is 0. The zero-order chi connectivity index (χ0) is 12.0. The molecule has 0 saturated heterocycles. The van der Waals surface area contributed by atoms with Gasteiger partial charge in [0.2, 0.25) is 0 Å². The predicted octanol–water partition coefficient (Wildman–Crippen LogP) is -4.93. The largest absolute Gasteiger partial charge is 1.00 e. The minimum Gasteiger partial charge on any atom is -1.00 e. The van der Waals surface area contributed by atoms with E-state index in [1.54, 1.807) is 0 Å². The molecule has 0 aliphatic rings. The Morgan fingerprint density at radius 3 is 0.400 bits per heavy atom. The first-order valence-corrected chi connectivity index (χ1v) is 1.55. The summed E-state index contributed by atoms with van der Waals surface area (Å²) in [6.45, 7) is 21.0. The standard InChI is InChI=1S/6CHN.Fe.2K.2H/c6*1-2;;;;;/h6*1H;;;;;/q;;;;;;;2*+1;2*-1. The molecule has 0 N–H and O–H groups in total. The van der Waals surface area contributed by atoms with Crippen LogP contribution in [0.5, 0.6) is 0 Å². The monoisotopic (exact) mass is 298 g/mol. The number of hydrogen-bond acceptors (Lipinski definition) is 6. The minimum absolute atomic E-state index is 0. The summed E-state index contributed by atoms with van der Waals surface area (Å²) in [5, 5.41) is 39.0. The smallest absolute Gasteiger partial charge is 1.00 e. The van der Waals surface area contributed by atoms with Crippen molar-refractivity contribution >= 4 is 0 Å². The van der Waals surface area contributed by atoms with Crippen LogP contribution < -0.4 is 103 Å². The average molecular weight is 298 g/mol. The molecule has 0 spiro atoms. The number of hydrogen-bond donors (Lipinski definition) is 0. The van der Waals surface area contributed by atoms with E-state index >= 15 is 0 Å². The van der Waals surface area contributed by atoms with Crippen molar-refractivity contribution in [1.29, 1.82) is 31.6 Å². The number of rotatable bonds is 0. The van der Waals surface area contributed by atoms with Gasteiger partial charge in [0.15, 0.2) is 0 Å². The summed E-state index contributed by atoms with van der Waals surface area (Å²) in [5.41, 5.74) is 0. The van der Waals surface area contributed by atoms with Crippen molar-refractivity contribution in [2.45, 2.75) is 0 Å². The van der Waals surface area contributed by atoms with Gasteiger partial charge in [0.1, 0.15) is 0 Å². The van der Waals surface area contributed by atoms with Crippen LogP contribution >= 0.6 is 0 Å². The number of nitrogens with zero attached hydrogens (tertiary/aromatic N) is 6. The maximum absolute atomic E-state index is 6.50. The van der Waals surface area contributed by atoms with Crippen molar-refractivity contribution in [3.63, 3.8) is 0 Å². The van der Waals surface area contributed by atoms with Gasteiger partial charge in [0.25, 0.3) is 0 Å². The van der Waals surface area contributed by atoms with Gasteiger partial charge in [0.05, 0.1) is 0 Å². The van der Waals surface area contributed by atoms with Crippen LogP contribution in [0.2, 0.25) is 0 Å². The van der Waals surface area contributed by atoms with Crippen LogP contribution in [0.1, 0.15) is 2.85 Å². The van der Waals surface area contributed by atoms with E-state index in [9.17, 15) is 0 Å². The van der Waals surface area contributed by atoms with Gasteiger partial charge < -0.3 is 2.85 Å². The van der Waals surface area contributed by atoms with Crippen LogP contribution in [-0.4, -0.2) is 0 Å². The second-order valence-corrected chi connectivity index (χ2v) is 0. The first kappa shape index (κ1) is 75.3. The number of nitriles is 6. The SMILES string of the molecule is C#N.C#N.C#N.C#N.C#N.C#N.[Fe].[H-].[H-].[K+].[K+]. The summed E-state index contributed by atoms with van der Waals surface area (Å²) in [6, 6.07) is 0. The molecule has 0 bridgehead atoms. The van der Waals surface area contributed by atoms with E-state index in [-0.39, 0.29) is 123 Å². The zero-order valence-corrected chi connectivity index (χ0v) is 15.9. The molecule has 0 unspecified atom stereocenters. The molecule has 9 heteroatoms. The van der Waals surface area contributed by atoms with E-state index in [4.69, 9.17) is 31.6 Å². The van der Waals surface area contributed by atoms with E-state index in [2.05, 4.69) is 39.4 Å². The van der Waals surface area contributed by atoms with Crippen LogP contribution in [0.25, 0.3) is 0 Å². The molecule has 0 saturated carbocycles. The molecule has 0 radical (unpaired) electrons. The quantitative estimate of drug-likeness (QED) is 0.410. The maximum Gasteiger partial charge on any atom is 1.00 e. The summed E-state index contributed by atoms with van der Waals surface area (Å²) in [7, 11) is 0. The normalized spacial score (nSPS) is 0.800. The fourth-order valence-electron chi connectivity index (χ4n) is 0. The molecular formula is C6H8FeK2N6. The van der Waals surface area contributed by atoms with Crippen molar-refractivity contribution in [3.8, 4) is 39.4 Å². The first-order valence-electron chi connectivity index (χ1n) is 1.55. The molecule has 0 rings (SSSR count). The van der Waals surface area contributed by atoms with Crippen LogP contribution in [0.4, 0.5) is 0 Å². The third-order valence-electron chi connectivity index (χ3n) is 0. The Hall–Kier alpha value is 0.732. The molecule has 0 aromatic rings. The summed E-state index contributed by atoms with van der Waals surface area (Å²) < 4.78 is 0. The van der Waals surface area contributed by atoms with Crippen molar-refractivity contribution in [3.05, 3.63) is 0 Å². The molecule has 0 amide bonds. The third-order valence-corrected chi connectivity index (χ3v) is 0. The Morgan fingerprint density at radius 1 is 0.400 bits per heavy atom. The molecule has 0 aromatic heterocycles. The van der Waals surface area contributed by atoms with Gasteiger partial charge in [-0.05, 0) is 0 Å². The fourth-order valence-corrected chi connectivity index (χ4v) is 0. The van der Waals surface area contributed by atoms with Gasteiger partial charge in [0, 0.05) is 56.5 Å². The summed E-state index contributed by atoms with van der Waals surface area (Å²) in [4.78, 5) is 0. The Labute approximate surface area is 189 Å². The Balaban J connectivity index is -0.00000000267. The molecular weight excluding hydrogens is 290 g/mol. The molecule has 6 nitrogen and oxygen atoms in total. The van der Waals surface area contributed by atoms with Crippen LogP contribution in [0.15, 0.2) is 0 Å². The van der Waals surface area contributed by atoms with Crippen molar-refractivity contribution in [2.24, 2.45) is 0 Å². The Morgan fingerprint density at radius 2 is 0.400 bits per heavy atom. The van der Waals surface area contributed by atoms with Gasteiger partial charge in [-0.3, -0.25) is 0 Å². The van der Waals surface area contributed by atoms with Gasteiger partial charge in [-0.1, -0.05) is 0 Å². The van der Waals surface area contributed by atoms with E-state index in [0.29, 0.717) is 0 Å². The molecule has 15 heavy (non-hydrogen) atoms. The molecule has 0 aromatic carbocycles. The van der Waals surface area contributed by atoms with Crippen LogP contribution in [0.3, 0.4) is 0 Å². The van der Waals surface area contributed by atoms with Gasteiger partial charge >= 0.3 is 103 Å². The Bertz CT molecular complexity index is 110. The van der Waals surface area contributed by atoms with E-state index < -0.39 is 0 Å². The van der Waals surface area contributed by atoms with Crippen molar-refractivity contribution in [1.82, 2.24) is 0 Å². The molecule has 0 fully saturated rings. The minimum atomic E-state index is 0. The molecule has 0 atom stereocenters.